The molecule has 1 aromatic carbocycles. The van der Waals surface area contributed by atoms with E-state index in [1.165, 1.54) is 11.1 Å². The molecule has 78 valence electrons. The standard InChI is InChI=1S/C12H11BrO2/c13-9-4-3-7-1-2-8-5-11(14)15-12(8)10(7)6-9/h3-4,6,8,12H,1-2,5H2/t8-,12+/m0/s1. The van der Waals surface area contributed by atoms with Crippen LogP contribution in [0, 0.1) is 5.92 Å². The number of fused-ring (bicyclic) bond motifs is 3. The number of benzene rings is 1. The fourth-order valence-electron chi connectivity index (χ4n) is 2.58. The van der Waals surface area contributed by atoms with E-state index in [4.69, 9.17) is 4.74 Å². The second-order valence-electron chi connectivity index (χ2n) is 4.26. The summed E-state index contributed by atoms with van der Waals surface area (Å²) in [7, 11) is 0. The minimum absolute atomic E-state index is 0.0127. The molecule has 2 nitrogen and oxygen atoms in total. The molecule has 1 aliphatic heterocycles. The van der Waals surface area contributed by atoms with Crippen molar-refractivity contribution < 1.29 is 9.53 Å². The molecule has 0 spiro atoms. The number of esters is 1. The van der Waals surface area contributed by atoms with Crippen LogP contribution in [0.15, 0.2) is 22.7 Å². The highest BCUT2D eigenvalue weighted by Crippen LogP contribution is 2.44. The van der Waals surface area contributed by atoms with Crippen molar-refractivity contribution in [1.29, 1.82) is 0 Å². The second-order valence-corrected chi connectivity index (χ2v) is 5.17. The third kappa shape index (κ3) is 1.49. The van der Waals surface area contributed by atoms with E-state index in [1.807, 2.05) is 0 Å². The van der Waals surface area contributed by atoms with Gasteiger partial charge >= 0.3 is 5.97 Å². The Kier molecular flexibility index (Phi) is 2.09. The molecule has 0 aromatic heterocycles. The topological polar surface area (TPSA) is 26.3 Å². The van der Waals surface area contributed by atoms with E-state index >= 15 is 0 Å². The molecular weight excluding hydrogens is 256 g/mol. The Bertz CT molecular complexity index is 428. The molecule has 1 aliphatic carbocycles. The summed E-state index contributed by atoms with van der Waals surface area (Å²) in [6.45, 7) is 0. The molecule has 2 aliphatic rings. The molecule has 1 fully saturated rings. The highest BCUT2D eigenvalue weighted by molar-refractivity contribution is 9.10. The van der Waals surface area contributed by atoms with Gasteiger partial charge in [-0.2, -0.15) is 0 Å². The summed E-state index contributed by atoms with van der Waals surface area (Å²) in [5.41, 5.74) is 2.53. The maximum Gasteiger partial charge on any atom is 0.306 e. The summed E-state index contributed by atoms with van der Waals surface area (Å²) in [6, 6.07) is 6.27. The van der Waals surface area contributed by atoms with Gasteiger partial charge in [0.05, 0.1) is 6.42 Å². The van der Waals surface area contributed by atoms with Gasteiger partial charge in [-0.15, -0.1) is 0 Å². The molecule has 1 aromatic rings. The first-order chi connectivity index (χ1) is 7.24. The lowest BCUT2D eigenvalue weighted by molar-refractivity contribution is -0.141. The molecule has 0 saturated carbocycles. The Morgan fingerprint density at radius 2 is 2.27 bits per heavy atom. The minimum atomic E-state index is -0.0437. The Labute approximate surface area is 96.8 Å². The summed E-state index contributed by atoms with van der Waals surface area (Å²) >= 11 is 3.46. The molecule has 3 heteroatoms. The van der Waals surface area contributed by atoms with Crippen LogP contribution in [0.1, 0.15) is 30.1 Å². The molecule has 1 saturated heterocycles. The Morgan fingerprint density at radius 3 is 3.13 bits per heavy atom. The van der Waals surface area contributed by atoms with Crippen molar-refractivity contribution in [1.82, 2.24) is 0 Å². The van der Waals surface area contributed by atoms with Gasteiger partial charge in [-0.3, -0.25) is 4.79 Å². The van der Waals surface area contributed by atoms with Gasteiger partial charge in [-0.1, -0.05) is 22.0 Å². The van der Waals surface area contributed by atoms with Gasteiger partial charge in [-0.25, -0.2) is 0 Å². The fourth-order valence-corrected chi connectivity index (χ4v) is 2.96. The minimum Gasteiger partial charge on any atom is -0.457 e. The maximum absolute atomic E-state index is 11.3. The first-order valence-corrected chi connectivity index (χ1v) is 6.01. The van der Waals surface area contributed by atoms with Crippen LogP contribution in [0.4, 0.5) is 0 Å². The quantitative estimate of drug-likeness (QED) is 0.675. The van der Waals surface area contributed by atoms with Gasteiger partial charge < -0.3 is 4.74 Å². The number of carbonyl (C=O) groups excluding carboxylic acids is 1. The van der Waals surface area contributed by atoms with E-state index in [-0.39, 0.29) is 12.1 Å². The zero-order valence-corrected chi connectivity index (χ0v) is 9.79. The van der Waals surface area contributed by atoms with Gasteiger partial charge in [-0.05, 0) is 36.1 Å². The van der Waals surface area contributed by atoms with Crippen molar-refractivity contribution in [3.63, 3.8) is 0 Å². The molecule has 0 radical (unpaired) electrons. The molecule has 0 bridgehead atoms. The van der Waals surface area contributed by atoms with Crippen LogP contribution in [0.25, 0.3) is 0 Å². The van der Waals surface area contributed by atoms with Crippen LogP contribution < -0.4 is 0 Å². The molecule has 1 heterocycles. The number of halogens is 1. The van der Waals surface area contributed by atoms with Crippen LogP contribution in [0.5, 0.6) is 0 Å². The van der Waals surface area contributed by atoms with Crippen molar-refractivity contribution in [3.8, 4) is 0 Å². The van der Waals surface area contributed by atoms with E-state index in [9.17, 15) is 4.79 Å². The SMILES string of the molecule is O=C1C[C@@H]2CCc3ccc(Br)cc3[C@@H]2O1. The van der Waals surface area contributed by atoms with Crippen molar-refractivity contribution in [3.05, 3.63) is 33.8 Å². The third-order valence-electron chi connectivity index (χ3n) is 3.31. The van der Waals surface area contributed by atoms with Crippen LogP contribution in [-0.2, 0) is 16.0 Å². The summed E-state index contributed by atoms with van der Waals surface area (Å²) in [5.74, 6) is 0.358. The van der Waals surface area contributed by atoms with Crippen molar-refractivity contribution in [2.24, 2.45) is 5.92 Å². The Hall–Kier alpha value is -0.830. The zero-order chi connectivity index (χ0) is 10.4. The molecular formula is C12H11BrO2. The molecule has 0 N–H and O–H groups in total. The molecule has 0 amide bonds. The predicted molar refractivity (Wildman–Crippen MR) is 59.4 cm³/mol. The first-order valence-electron chi connectivity index (χ1n) is 5.22. The monoisotopic (exact) mass is 266 g/mol. The van der Waals surface area contributed by atoms with Crippen LogP contribution >= 0.6 is 15.9 Å². The average molecular weight is 267 g/mol. The van der Waals surface area contributed by atoms with E-state index in [1.54, 1.807) is 0 Å². The molecule has 3 rings (SSSR count). The van der Waals surface area contributed by atoms with E-state index < -0.39 is 0 Å². The predicted octanol–water partition coefficient (Wildman–Crippen LogP) is 3.00. The van der Waals surface area contributed by atoms with Crippen molar-refractivity contribution in [2.45, 2.75) is 25.4 Å². The number of hydrogen-bond donors (Lipinski definition) is 0. The normalized spacial score (nSPS) is 28.2. The van der Waals surface area contributed by atoms with E-state index in [0.29, 0.717) is 12.3 Å². The van der Waals surface area contributed by atoms with Gasteiger partial charge in [0.1, 0.15) is 6.10 Å². The number of carbonyl (C=O) groups is 1. The zero-order valence-electron chi connectivity index (χ0n) is 8.20. The Balaban J connectivity index is 2.06. The van der Waals surface area contributed by atoms with Gasteiger partial charge in [0.25, 0.3) is 0 Å². The molecule has 15 heavy (non-hydrogen) atoms. The highest BCUT2D eigenvalue weighted by Gasteiger charge is 2.39. The molecule has 0 unspecified atom stereocenters. The second kappa shape index (κ2) is 3.34. The lowest BCUT2D eigenvalue weighted by Gasteiger charge is -2.26. The lowest BCUT2D eigenvalue weighted by Crippen LogP contribution is -2.16. The van der Waals surface area contributed by atoms with Crippen molar-refractivity contribution >= 4 is 21.9 Å². The third-order valence-corrected chi connectivity index (χ3v) is 3.81. The van der Waals surface area contributed by atoms with Gasteiger partial charge in [0.15, 0.2) is 0 Å². The molecule has 2 atom stereocenters. The summed E-state index contributed by atoms with van der Waals surface area (Å²) in [4.78, 5) is 11.3. The van der Waals surface area contributed by atoms with Gasteiger partial charge in [0, 0.05) is 10.4 Å². The largest absolute Gasteiger partial charge is 0.457 e. The highest BCUT2D eigenvalue weighted by atomic mass is 79.9. The summed E-state index contributed by atoms with van der Waals surface area (Å²) in [6.07, 6.45) is 2.75. The number of hydrogen-bond acceptors (Lipinski definition) is 2. The first kappa shape index (κ1) is 9.40. The van der Waals surface area contributed by atoms with Crippen LogP contribution in [0.3, 0.4) is 0 Å². The number of ether oxygens (including phenoxy) is 1. The lowest BCUT2D eigenvalue weighted by atomic mass is 9.81. The van der Waals surface area contributed by atoms with Crippen LogP contribution in [0.2, 0.25) is 0 Å². The summed E-state index contributed by atoms with van der Waals surface area (Å²) in [5, 5.41) is 0. The summed E-state index contributed by atoms with van der Waals surface area (Å²) < 4.78 is 6.45. The Morgan fingerprint density at radius 1 is 1.40 bits per heavy atom. The van der Waals surface area contributed by atoms with E-state index in [0.717, 1.165) is 17.3 Å². The average Bonchev–Trinajstić information content (AvgIpc) is 2.58. The number of aryl methyl sites for hydroxylation is 1. The van der Waals surface area contributed by atoms with Crippen LogP contribution in [-0.4, -0.2) is 5.97 Å². The van der Waals surface area contributed by atoms with E-state index in [2.05, 4.69) is 34.1 Å². The van der Waals surface area contributed by atoms with Crippen molar-refractivity contribution in [2.75, 3.05) is 0 Å². The maximum atomic E-state index is 11.3. The fraction of sp³-hybridized carbons (Fsp3) is 0.417. The van der Waals surface area contributed by atoms with Gasteiger partial charge in [0.2, 0.25) is 0 Å². The smallest absolute Gasteiger partial charge is 0.306 e. The number of rotatable bonds is 0.